The van der Waals surface area contributed by atoms with E-state index in [1.165, 1.54) is 65.2 Å². The number of hydrogen-bond donors (Lipinski definition) is 0. The maximum absolute atomic E-state index is 4.59. The van der Waals surface area contributed by atoms with Gasteiger partial charge in [-0.3, -0.25) is 0 Å². The van der Waals surface area contributed by atoms with Gasteiger partial charge in [0.05, 0.1) is 32.4 Å². The fourth-order valence-electron chi connectivity index (χ4n) is 6.54. The van der Waals surface area contributed by atoms with Crippen LogP contribution >= 0.6 is 11.3 Å². The van der Waals surface area contributed by atoms with Crippen LogP contribution in [0.25, 0.3) is 59.6 Å². The van der Waals surface area contributed by atoms with Crippen molar-refractivity contribution in [1.29, 1.82) is 0 Å². The Morgan fingerprint density at radius 3 is 2.37 bits per heavy atom. The zero-order chi connectivity index (χ0) is 23.3. The number of nitrogens with zero attached hydrogens (tertiary/aromatic N) is 2. The Morgan fingerprint density at radius 1 is 0.686 bits per heavy atom. The molecule has 1 aliphatic carbocycles. The van der Waals surface area contributed by atoms with Crippen LogP contribution in [0.5, 0.6) is 0 Å². The second-order valence-electron chi connectivity index (χ2n) is 10.0. The Bertz CT molecular complexity index is 1990. The topological polar surface area (TPSA) is 17.8 Å². The third-order valence-electron chi connectivity index (χ3n) is 7.88. The highest BCUT2D eigenvalue weighted by Crippen LogP contribution is 2.55. The van der Waals surface area contributed by atoms with E-state index in [2.05, 4.69) is 114 Å². The largest absolute Gasteiger partial charge is 0.308 e. The minimum Gasteiger partial charge on any atom is -0.308 e. The van der Waals surface area contributed by atoms with Crippen LogP contribution in [-0.2, 0) is 5.41 Å². The van der Waals surface area contributed by atoms with Crippen molar-refractivity contribution in [2.75, 3.05) is 0 Å². The first-order valence-corrected chi connectivity index (χ1v) is 12.9. The summed E-state index contributed by atoms with van der Waals surface area (Å²) in [6, 6.07) is 33.4. The summed E-state index contributed by atoms with van der Waals surface area (Å²) in [6.07, 6.45) is 0. The van der Waals surface area contributed by atoms with Crippen molar-refractivity contribution in [1.82, 2.24) is 9.55 Å². The van der Waals surface area contributed by atoms with E-state index < -0.39 is 0 Å². The lowest BCUT2D eigenvalue weighted by atomic mass is 9.78. The number of aromatic nitrogens is 2. The van der Waals surface area contributed by atoms with Gasteiger partial charge in [0, 0.05) is 16.2 Å². The number of rotatable bonds is 1. The van der Waals surface area contributed by atoms with E-state index in [1.54, 1.807) is 11.3 Å². The molecule has 1 aliphatic rings. The molecule has 0 amide bonds. The summed E-state index contributed by atoms with van der Waals surface area (Å²) in [6.45, 7) is 4.80. The van der Waals surface area contributed by atoms with Gasteiger partial charge in [0.2, 0.25) is 0 Å². The molecule has 8 rings (SSSR count). The average Bonchev–Trinajstić information content (AvgIpc) is 3.55. The smallest absolute Gasteiger partial charge is 0.0833 e. The first-order valence-electron chi connectivity index (χ1n) is 12.1. The first-order chi connectivity index (χ1) is 17.1. The Morgan fingerprint density at radius 2 is 1.46 bits per heavy atom. The maximum Gasteiger partial charge on any atom is 0.0833 e. The number of thiazole rings is 1. The molecule has 7 aromatic rings. The summed E-state index contributed by atoms with van der Waals surface area (Å²) < 4.78 is 3.67. The second-order valence-corrected chi connectivity index (χ2v) is 10.9. The predicted octanol–water partition coefficient (Wildman–Crippen LogP) is 8.85. The lowest BCUT2D eigenvalue weighted by Crippen LogP contribution is -2.16. The SMILES string of the molecule is CC1(C)c2c(ccc3ccccc23)-c2ccc3c(c21)c1ccccc1n3-c1cccc2ncsc12. The molecule has 2 nitrogen and oxygen atoms in total. The van der Waals surface area contributed by atoms with E-state index in [0.717, 1.165) is 5.52 Å². The third kappa shape index (κ3) is 2.36. The summed E-state index contributed by atoms with van der Waals surface area (Å²) in [5.74, 6) is 0. The summed E-state index contributed by atoms with van der Waals surface area (Å²) in [5, 5.41) is 5.34. The van der Waals surface area contributed by atoms with Crippen LogP contribution in [0.2, 0.25) is 0 Å². The van der Waals surface area contributed by atoms with Crippen LogP contribution in [-0.4, -0.2) is 9.55 Å². The fourth-order valence-corrected chi connectivity index (χ4v) is 7.33. The molecule has 2 heterocycles. The van der Waals surface area contributed by atoms with Gasteiger partial charge < -0.3 is 4.57 Å². The summed E-state index contributed by atoms with van der Waals surface area (Å²) in [5.41, 5.74) is 12.2. The van der Waals surface area contributed by atoms with E-state index >= 15 is 0 Å². The van der Waals surface area contributed by atoms with Crippen LogP contribution in [0.15, 0.2) is 96.5 Å². The lowest BCUT2D eigenvalue weighted by molar-refractivity contribution is 0.672. The average molecular weight is 467 g/mol. The highest BCUT2D eigenvalue weighted by molar-refractivity contribution is 7.17. The molecule has 166 valence electrons. The Hall–Kier alpha value is -3.95. The van der Waals surface area contributed by atoms with E-state index in [0.29, 0.717) is 0 Å². The lowest BCUT2D eigenvalue weighted by Gasteiger charge is -2.24. The molecule has 0 N–H and O–H groups in total. The Balaban J connectivity index is 1.55. The van der Waals surface area contributed by atoms with Crippen molar-refractivity contribution in [2.45, 2.75) is 19.3 Å². The zero-order valence-corrected chi connectivity index (χ0v) is 20.4. The van der Waals surface area contributed by atoms with Gasteiger partial charge in [-0.25, -0.2) is 4.98 Å². The van der Waals surface area contributed by atoms with Crippen molar-refractivity contribution in [2.24, 2.45) is 0 Å². The fraction of sp³-hybridized carbons (Fsp3) is 0.0938. The van der Waals surface area contributed by atoms with Gasteiger partial charge in [-0.15, -0.1) is 11.3 Å². The van der Waals surface area contributed by atoms with Gasteiger partial charge in [0.15, 0.2) is 0 Å². The van der Waals surface area contributed by atoms with E-state index in [9.17, 15) is 0 Å². The van der Waals surface area contributed by atoms with Crippen LogP contribution < -0.4 is 0 Å². The van der Waals surface area contributed by atoms with Crippen LogP contribution in [0.3, 0.4) is 0 Å². The summed E-state index contributed by atoms with van der Waals surface area (Å²) in [7, 11) is 0. The molecule has 2 aromatic heterocycles. The zero-order valence-electron chi connectivity index (χ0n) is 19.5. The molecule has 3 heteroatoms. The van der Waals surface area contributed by atoms with E-state index in [1.807, 2.05) is 5.51 Å². The number of benzene rings is 5. The van der Waals surface area contributed by atoms with Gasteiger partial charge in [-0.1, -0.05) is 80.6 Å². The molecule has 0 bridgehead atoms. The van der Waals surface area contributed by atoms with Gasteiger partial charge in [0.25, 0.3) is 0 Å². The van der Waals surface area contributed by atoms with Crippen molar-refractivity contribution >= 4 is 54.1 Å². The maximum atomic E-state index is 4.59. The molecule has 0 fully saturated rings. The molecule has 0 radical (unpaired) electrons. The van der Waals surface area contributed by atoms with E-state index in [-0.39, 0.29) is 5.41 Å². The van der Waals surface area contributed by atoms with E-state index in [4.69, 9.17) is 0 Å². The number of fused-ring (bicyclic) bond motifs is 10. The summed E-state index contributed by atoms with van der Waals surface area (Å²) in [4.78, 5) is 4.59. The van der Waals surface area contributed by atoms with Crippen LogP contribution in [0.4, 0.5) is 0 Å². The van der Waals surface area contributed by atoms with Gasteiger partial charge in [0.1, 0.15) is 0 Å². The van der Waals surface area contributed by atoms with Gasteiger partial charge >= 0.3 is 0 Å². The molecule has 0 saturated carbocycles. The van der Waals surface area contributed by atoms with Crippen molar-refractivity contribution in [3.63, 3.8) is 0 Å². The molecule has 0 aliphatic heterocycles. The quantitative estimate of drug-likeness (QED) is 0.236. The van der Waals surface area contributed by atoms with Gasteiger partial charge in [-0.05, 0) is 57.3 Å². The molecular formula is C32H22N2S. The minimum atomic E-state index is -0.115. The van der Waals surface area contributed by atoms with Crippen LogP contribution in [0, 0.1) is 0 Å². The Kier molecular flexibility index (Phi) is 3.64. The monoisotopic (exact) mass is 466 g/mol. The Labute approximate surface area is 207 Å². The molecule has 0 unspecified atom stereocenters. The summed E-state index contributed by atoms with van der Waals surface area (Å²) >= 11 is 1.71. The normalized spacial score (nSPS) is 14.2. The van der Waals surface area contributed by atoms with Crippen molar-refractivity contribution in [3.8, 4) is 16.8 Å². The molecule has 0 saturated heterocycles. The minimum absolute atomic E-state index is 0.115. The number of hydrogen-bond acceptors (Lipinski definition) is 2. The number of para-hydroxylation sites is 1. The predicted molar refractivity (Wildman–Crippen MR) is 149 cm³/mol. The van der Waals surface area contributed by atoms with Crippen molar-refractivity contribution in [3.05, 3.63) is 108 Å². The third-order valence-corrected chi connectivity index (χ3v) is 8.75. The molecule has 0 spiro atoms. The highest BCUT2D eigenvalue weighted by atomic mass is 32.1. The van der Waals surface area contributed by atoms with Crippen LogP contribution in [0.1, 0.15) is 25.0 Å². The standard InChI is InChI=1S/C32H22N2S/c1-32(2)29-20-9-4-3-8-19(20)14-15-21(29)22-16-17-26-28(30(22)32)23-10-5-6-12-25(23)34(26)27-13-7-11-24-31(27)35-18-33-24/h3-18H,1-2H3. The first kappa shape index (κ1) is 19.4. The second kappa shape index (κ2) is 6.59. The van der Waals surface area contributed by atoms with Crippen molar-refractivity contribution < 1.29 is 0 Å². The molecule has 0 atom stereocenters. The molecule has 35 heavy (non-hydrogen) atoms. The molecule has 5 aromatic carbocycles. The molecular weight excluding hydrogens is 444 g/mol. The highest BCUT2D eigenvalue weighted by Gasteiger charge is 2.39. The van der Waals surface area contributed by atoms with Gasteiger partial charge in [-0.2, -0.15) is 0 Å².